The number of thioether (sulfide) groups is 1. The Bertz CT molecular complexity index is 752. The minimum atomic E-state index is 0.340. The second kappa shape index (κ2) is 5.89. The third kappa shape index (κ3) is 2.59. The summed E-state index contributed by atoms with van der Waals surface area (Å²) >= 11 is 2.00. The third-order valence-corrected chi connectivity index (χ3v) is 6.03. The van der Waals surface area contributed by atoms with Crippen LogP contribution in [0.5, 0.6) is 0 Å². The lowest BCUT2D eigenvalue weighted by molar-refractivity contribution is 0.726. The molecule has 0 spiro atoms. The zero-order valence-electron chi connectivity index (χ0n) is 13.4. The van der Waals surface area contributed by atoms with Gasteiger partial charge in [-0.15, -0.1) is 11.8 Å². The predicted octanol–water partition coefficient (Wildman–Crippen LogP) is 5.26. The summed E-state index contributed by atoms with van der Waals surface area (Å²) in [4.78, 5) is 0. The van der Waals surface area contributed by atoms with Gasteiger partial charge in [0.15, 0.2) is 0 Å². The number of rotatable bonds is 2. The van der Waals surface area contributed by atoms with Gasteiger partial charge in [-0.1, -0.05) is 60.2 Å². The standard InChI is InChI=1S/C20H20N2S/c1-14-13-18(16-9-5-3-6-10-16)23-20-19(14)15(2)21-22(20)17-11-7-4-8-12-17/h3-13,18-20H,1-2H3/t18-,19+,20-/m1/s1. The molecule has 2 heterocycles. The molecule has 2 aliphatic rings. The van der Waals surface area contributed by atoms with E-state index in [1.807, 2.05) is 11.8 Å². The van der Waals surface area contributed by atoms with Crippen molar-refractivity contribution < 1.29 is 0 Å². The highest BCUT2D eigenvalue weighted by Crippen LogP contribution is 2.49. The van der Waals surface area contributed by atoms with Crippen LogP contribution in [0.4, 0.5) is 5.69 Å². The number of nitrogens with zero attached hydrogens (tertiary/aromatic N) is 2. The lowest BCUT2D eigenvalue weighted by atomic mass is 9.93. The van der Waals surface area contributed by atoms with Crippen LogP contribution < -0.4 is 5.01 Å². The Kier molecular flexibility index (Phi) is 3.74. The molecule has 0 radical (unpaired) electrons. The molecular formula is C20H20N2S. The smallest absolute Gasteiger partial charge is 0.110 e. The topological polar surface area (TPSA) is 15.6 Å². The van der Waals surface area contributed by atoms with Crippen LogP contribution in [-0.2, 0) is 0 Å². The molecule has 2 aliphatic heterocycles. The molecule has 0 aromatic heterocycles. The van der Waals surface area contributed by atoms with Crippen molar-refractivity contribution in [2.75, 3.05) is 5.01 Å². The molecule has 0 amide bonds. The molecule has 4 rings (SSSR count). The first-order chi connectivity index (χ1) is 11.2. The molecule has 2 aromatic rings. The quantitative estimate of drug-likeness (QED) is 0.701. The predicted molar refractivity (Wildman–Crippen MR) is 99.8 cm³/mol. The van der Waals surface area contributed by atoms with Crippen molar-refractivity contribution in [1.82, 2.24) is 0 Å². The first-order valence-electron chi connectivity index (χ1n) is 8.02. The summed E-state index contributed by atoms with van der Waals surface area (Å²) in [6, 6.07) is 21.3. The van der Waals surface area contributed by atoms with Gasteiger partial charge in [-0.2, -0.15) is 5.10 Å². The lowest BCUT2D eigenvalue weighted by Crippen LogP contribution is -2.33. The Morgan fingerprint density at radius 2 is 1.57 bits per heavy atom. The van der Waals surface area contributed by atoms with Crippen molar-refractivity contribution in [1.29, 1.82) is 0 Å². The van der Waals surface area contributed by atoms with Gasteiger partial charge in [-0.3, -0.25) is 5.01 Å². The molecule has 0 saturated carbocycles. The number of anilines is 1. The van der Waals surface area contributed by atoms with E-state index in [9.17, 15) is 0 Å². The zero-order chi connectivity index (χ0) is 15.8. The van der Waals surface area contributed by atoms with E-state index in [-0.39, 0.29) is 0 Å². The highest BCUT2D eigenvalue weighted by atomic mass is 32.2. The van der Waals surface area contributed by atoms with E-state index < -0.39 is 0 Å². The van der Waals surface area contributed by atoms with Crippen molar-refractivity contribution in [2.24, 2.45) is 11.0 Å². The summed E-state index contributed by atoms with van der Waals surface area (Å²) in [5, 5.41) is 7.81. The molecule has 116 valence electrons. The Labute approximate surface area is 141 Å². The highest BCUT2D eigenvalue weighted by molar-refractivity contribution is 8.00. The third-order valence-electron chi connectivity index (χ3n) is 4.58. The number of para-hydroxylation sites is 1. The second-order valence-corrected chi connectivity index (χ2v) is 7.43. The van der Waals surface area contributed by atoms with Gasteiger partial charge in [0.1, 0.15) is 5.37 Å². The number of hydrogen-bond acceptors (Lipinski definition) is 3. The summed E-state index contributed by atoms with van der Waals surface area (Å²) in [6.45, 7) is 4.40. The van der Waals surface area contributed by atoms with Crippen LogP contribution in [0.3, 0.4) is 0 Å². The summed E-state index contributed by atoms with van der Waals surface area (Å²) < 4.78 is 0. The van der Waals surface area contributed by atoms with Gasteiger partial charge in [0.2, 0.25) is 0 Å². The maximum atomic E-state index is 4.87. The normalized spacial score (nSPS) is 26.5. The minimum Gasteiger partial charge on any atom is -0.251 e. The monoisotopic (exact) mass is 320 g/mol. The zero-order valence-corrected chi connectivity index (χ0v) is 14.2. The van der Waals surface area contributed by atoms with Gasteiger partial charge in [-0.05, 0) is 31.5 Å². The Morgan fingerprint density at radius 3 is 2.26 bits per heavy atom. The van der Waals surface area contributed by atoms with E-state index >= 15 is 0 Å². The molecule has 3 atom stereocenters. The highest BCUT2D eigenvalue weighted by Gasteiger charge is 2.41. The molecule has 2 aromatic carbocycles. The van der Waals surface area contributed by atoms with Crippen molar-refractivity contribution >= 4 is 23.2 Å². The maximum Gasteiger partial charge on any atom is 0.110 e. The number of benzene rings is 2. The largest absolute Gasteiger partial charge is 0.251 e. The van der Waals surface area contributed by atoms with Gasteiger partial charge in [0.05, 0.1) is 16.9 Å². The summed E-state index contributed by atoms with van der Waals surface area (Å²) in [7, 11) is 0. The maximum absolute atomic E-state index is 4.87. The van der Waals surface area contributed by atoms with Crippen LogP contribution in [0.1, 0.15) is 24.7 Å². The fourth-order valence-corrected chi connectivity index (χ4v) is 5.22. The molecule has 0 unspecified atom stereocenters. The summed E-state index contributed by atoms with van der Waals surface area (Å²) in [5.41, 5.74) is 5.19. The molecule has 0 bridgehead atoms. The van der Waals surface area contributed by atoms with E-state index in [4.69, 9.17) is 5.10 Å². The number of hydrogen-bond donors (Lipinski definition) is 0. The van der Waals surface area contributed by atoms with E-state index in [1.165, 1.54) is 22.5 Å². The van der Waals surface area contributed by atoms with Gasteiger partial charge in [-0.25, -0.2) is 0 Å². The number of hydrazone groups is 1. The average Bonchev–Trinajstić information content (AvgIpc) is 2.94. The molecule has 23 heavy (non-hydrogen) atoms. The Hall–Kier alpha value is -2.00. The molecule has 2 nitrogen and oxygen atoms in total. The van der Waals surface area contributed by atoms with Crippen LogP contribution >= 0.6 is 11.8 Å². The molecule has 0 N–H and O–H groups in total. The first-order valence-corrected chi connectivity index (χ1v) is 8.96. The number of fused-ring (bicyclic) bond motifs is 1. The van der Waals surface area contributed by atoms with Crippen molar-refractivity contribution in [3.05, 3.63) is 77.9 Å². The SMILES string of the molecule is CC1=C[C@H](c2ccccc2)S[C@@H]2[C@@H]1C(C)=NN2c1ccccc1. The molecule has 0 saturated heterocycles. The fraction of sp³-hybridized carbons (Fsp3) is 0.250. The van der Waals surface area contributed by atoms with Crippen molar-refractivity contribution in [3.63, 3.8) is 0 Å². The van der Waals surface area contributed by atoms with Crippen LogP contribution in [0.2, 0.25) is 0 Å². The van der Waals surface area contributed by atoms with E-state index in [1.54, 1.807) is 0 Å². The van der Waals surface area contributed by atoms with E-state index in [0.29, 0.717) is 16.5 Å². The van der Waals surface area contributed by atoms with Crippen molar-refractivity contribution in [3.8, 4) is 0 Å². The molecule has 3 heteroatoms. The van der Waals surface area contributed by atoms with Crippen LogP contribution in [0.25, 0.3) is 0 Å². The lowest BCUT2D eigenvalue weighted by Gasteiger charge is -2.34. The molecule has 0 aliphatic carbocycles. The summed E-state index contributed by atoms with van der Waals surface area (Å²) in [6.07, 6.45) is 2.41. The Morgan fingerprint density at radius 1 is 0.913 bits per heavy atom. The van der Waals surface area contributed by atoms with Gasteiger partial charge in [0, 0.05) is 5.71 Å². The van der Waals surface area contributed by atoms with Crippen LogP contribution in [-0.4, -0.2) is 11.1 Å². The van der Waals surface area contributed by atoms with E-state index in [2.05, 4.69) is 85.6 Å². The Balaban J connectivity index is 1.70. The molecular weight excluding hydrogens is 300 g/mol. The second-order valence-electron chi connectivity index (χ2n) is 6.17. The van der Waals surface area contributed by atoms with Crippen LogP contribution in [0.15, 0.2) is 77.4 Å². The van der Waals surface area contributed by atoms with E-state index in [0.717, 1.165) is 0 Å². The minimum absolute atomic E-state index is 0.340. The first kappa shape index (κ1) is 14.6. The van der Waals surface area contributed by atoms with Gasteiger partial charge in [0.25, 0.3) is 0 Å². The average molecular weight is 320 g/mol. The summed E-state index contributed by atoms with van der Waals surface area (Å²) in [5.74, 6) is 0.417. The fourth-order valence-electron chi connectivity index (χ4n) is 3.46. The van der Waals surface area contributed by atoms with Crippen molar-refractivity contribution in [2.45, 2.75) is 24.5 Å². The van der Waals surface area contributed by atoms with Crippen LogP contribution in [0, 0.1) is 5.92 Å². The van der Waals surface area contributed by atoms with Gasteiger partial charge >= 0.3 is 0 Å². The molecule has 0 fully saturated rings. The van der Waals surface area contributed by atoms with Gasteiger partial charge < -0.3 is 0 Å².